The SMILES string of the molecule is CCOC(=O)[C@H]1[C@H](COC)N1C(c1ccccc1)(c1ccccc1)c1ccccc1. The number of rotatable bonds is 8. The first kappa shape index (κ1) is 20.3. The number of esters is 1. The monoisotopic (exact) mass is 401 g/mol. The van der Waals surface area contributed by atoms with Crippen LogP contribution < -0.4 is 0 Å². The van der Waals surface area contributed by atoms with Gasteiger partial charge in [0.2, 0.25) is 0 Å². The van der Waals surface area contributed by atoms with Crippen molar-refractivity contribution in [2.24, 2.45) is 0 Å². The van der Waals surface area contributed by atoms with Crippen molar-refractivity contribution in [1.29, 1.82) is 0 Å². The number of carbonyl (C=O) groups excluding carboxylic acids is 1. The van der Waals surface area contributed by atoms with E-state index in [4.69, 9.17) is 9.47 Å². The van der Waals surface area contributed by atoms with E-state index in [1.807, 2.05) is 61.5 Å². The predicted molar refractivity (Wildman–Crippen MR) is 117 cm³/mol. The highest BCUT2D eigenvalue weighted by atomic mass is 16.5. The molecule has 1 aliphatic heterocycles. The second-order valence-electron chi connectivity index (χ2n) is 7.44. The Morgan fingerprint density at radius 2 is 1.27 bits per heavy atom. The van der Waals surface area contributed by atoms with Gasteiger partial charge < -0.3 is 9.47 Å². The fourth-order valence-corrected chi connectivity index (χ4v) is 4.56. The number of carbonyl (C=O) groups is 1. The van der Waals surface area contributed by atoms with E-state index >= 15 is 0 Å². The molecule has 3 atom stereocenters. The fourth-order valence-electron chi connectivity index (χ4n) is 4.56. The summed E-state index contributed by atoms with van der Waals surface area (Å²) >= 11 is 0. The summed E-state index contributed by atoms with van der Waals surface area (Å²) in [4.78, 5) is 15.2. The van der Waals surface area contributed by atoms with Gasteiger partial charge in [0.1, 0.15) is 6.04 Å². The van der Waals surface area contributed by atoms with E-state index in [9.17, 15) is 4.79 Å². The standard InChI is InChI=1S/C26H27NO3/c1-3-30-25(28)24-23(19-29-2)27(24)26(20-13-7-4-8-14-20,21-15-9-5-10-16-21)22-17-11-6-12-18-22/h4-18,23-24H,3,19H2,1-2H3/t23-,24+,27?/m0/s1. The molecule has 154 valence electrons. The highest BCUT2D eigenvalue weighted by molar-refractivity contribution is 5.81. The Bertz CT molecular complexity index is 863. The maximum atomic E-state index is 12.9. The molecule has 0 aliphatic carbocycles. The lowest BCUT2D eigenvalue weighted by Gasteiger charge is -2.38. The Labute approximate surface area is 178 Å². The van der Waals surface area contributed by atoms with Gasteiger partial charge in [0.15, 0.2) is 0 Å². The summed E-state index contributed by atoms with van der Waals surface area (Å²) in [6.07, 6.45) is 0. The van der Waals surface area contributed by atoms with E-state index in [1.165, 1.54) is 0 Å². The highest BCUT2D eigenvalue weighted by Crippen LogP contribution is 2.51. The molecule has 4 heteroatoms. The molecule has 0 N–H and O–H groups in total. The smallest absolute Gasteiger partial charge is 0.325 e. The van der Waals surface area contributed by atoms with Crippen molar-refractivity contribution in [3.8, 4) is 0 Å². The van der Waals surface area contributed by atoms with Crippen molar-refractivity contribution in [2.75, 3.05) is 20.3 Å². The molecule has 4 nitrogen and oxygen atoms in total. The number of nitrogens with zero attached hydrogens (tertiary/aromatic N) is 1. The van der Waals surface area contributed by atoms with Crippen LogP contribution in [0.4, 0.5) is 0 Å². The molecular weight excluding hydrogens is 374 g/mol. The lowest BCUT2D eigenvalue weighted by atomic mass is 9.76. The molecule has 4 rings (SSSR count). The third-order valence-electron chi connectivity index (χ3n) is 5.76. The minimum Gasteiger partial charge on any atom is -0.465 e. The first-order valence-corrected chi connectivity index (χ1v) is 10.4. The van der Waals surface area contributed by atoms with Gasteiger partial charge in [-0.3, -0.25) is 9.69 Å². The van der Waals surface area contributed by atoms with Crippen molar-refractivity contribution in [3.05, 3.63) is 108 Å². The minimum absolute atomic E-state index is 0.0744. The summed E-state index contributed by atoms with van der Waals surface area (Å²) in [7, 11) is 1.67. The third kappa shape index (κ3) is 3.42. The van der Waals surface area contributed by atoms with Gasteiger partial charge in [-0.05, 0) is 23.6 Å². The molecule has 3 aromatic carbocycles. The highest BCUT2D eigenvalue weighted by Gasteiger charge is 2.64. The Balaban J connectivity index is 1.97. The van der Waals surface area contributed by atoms with Crippen LogP contribution >= 0.6 is 0 Å². The fraction of sp³-hybridized carbons (Fsp3) is 0.269. The predicted octanol–water partition coefficient (Wildman–Crippen LogP) is 4.24. The largest absolute Gasteiger partial charge is 0.465 e. The lowest BCUT2D eigenvalue weighted by Crippen LogP contribution is -2.41. The summed E-state index contributed by atoms with van der Waals surface area (Å²) in [6, 6.07) is 30.7. The second-order valence-corrected chi connectivity index (χ2v) is 7.44. The molecule has 0 saturated carbocycles. The maximum absolute atomic E-state index is 12.9. The number of ether oxygens (including phenoxy) is 2. The zero-order chi connectivity index (χ0) is 21.0. The summed E-state index contributed by atoms with van der Waals surface area (Å²) in [5.74, 6) is -0.202. The average Bonchev–Trinajstić information content (AvgIpc) is 3.51. The van der Waals surface area contributed by atoms with Gasteiger partial charge in [0.25, 0.3) is 0 Å². The zero-order valence-electron chi connectivity index (χ0n) is 17.4. The normalized spacial score (nSPS) is 20.5. The van der Waals surface area contributed by atoms with Gasteiger partial charge in [-0.15, -0.1) is 0 Å². The molecule has 1 unspecified atom stereocenters. The number of hydrogen-bond donors (Lipinski definition) is 0. The van der Waals surface area contributed by atoms with Gasteiger partial charge in [-0.25, -0.2) is 0 Å². The topological polar surface area (TPSA) is 38.5 Å². The van der Waals surface area contributed by atoms with Crippen LogP contribution in [0.15, 0.2) is 91.0 Å². The second kappa shape index (κ2) is 8.82. The Morgan fingerprint density at radius 3 is 1.63 bits per heavy atom. The summed E-state index contributed by atoms with van der Waals surface area (Å²) in [5.41, 5.74) is 2.69. The molecule has 0 amide bonds. The molecule has 0 radical (unpaired) electrons. The van der Waals surface area contributed by atoms with E-state index < -0.39 is 5.54 Å². The van der Waals surface area contributed by atoms with Crippen molar-refractivity contribution in [3.63, 3.8) is 0 Å². The van der Waals surface area contributed by atoms with Crippen molar-refractivity contribution < 1.29 is 14.3 Å². The van der Waals surface area contributed by atoms with E-state index in [-0.39, 0.29) is 18.1 Å². The summed E-state index contributed by atoms with van der Waals surface area (Å²) in [5, 5.41) is 0. The van der Waals surface area contributed by atoms with Crippen molar-refractivity contribution in [1.82, 2.24) is 4.90 Å². The van der Waals surface area contributed by atoms with E-state index in [2.05, 4.69) is 41.3 Å². The van der Waals surface area contributed by atoms with E-state index in [0.717, 1.165) is 16.7 Å². The van der Waals surface area contributed by atoms with Crippen LogP contribution in [0.2, 0.25) is 0 Å². The van der Waals surface area contributed by atoms with Crippen LogP contribution in [0.1, 0.15) is 23.6 Å². The van der Waals surface area contributed by atoms with Gasteiger partial charge in [-0.1, -0.05) is 91.0 Å². The Hall–Kier alpha value is -2.95. The summed E-state index contributed by atoms with van der Waals surface area (Å²) in [6.45, 7) is 2.66. The van der Waals surface area contributed by atoms with Gasteiger partial charge in [0.05, 0.1) is 24.8 Å². The molecule has 1 heterocycles. The molecule has 1 aliphatic rings. The number of benzene rings is 3. The molecule has 1 fully saturated rings. The maximum Gasteiger partial charge on any atom is 0.325 e. The first-order valence-electron chi connectivity index (χ1n) is 10.4. The van der Waals surface area contributed by atoms with Crippen LogP contribution in [0.3, 0.4) is 0 Å². The minimum atomic E-state index is -0.635. The van der Waals surface area contributed by atoms with Crippen molar-refractivity contribution >= 4 is 5.97 Å². The van der Waals surface area contributed by atoms with Gasteiger partial charge in [0, 0.05) is 7.11 Å². The van der Waals surface area contributed by atoms with Crippen LogP contribution in [0, 0.1) is 0 Å². The van der Waals surface area contributed by atoms with Gasteiger partial charge in [-0.2, -0.15) is 0 Å². The van der Waals surface area contributed by atoms with E-state index in [1.54, 1.807) is 7.11 Å². The molecule has 0 spiro atoms. The number of methoxy groups -OCH3 is 1. The average molecular weight is 402 g/mol. The van der Waals surface area contributed by atoms with Crippen LogP contribution in [0.5, 0.6) is 0 Å². The number of hydrogen-bond acceptors (Lipinski definition) is 4. The summed E-state index contributed by atoms with van der Waals surface area (Å²) < 4.78 is 10.9. The van der Waals surface area contributed by atoms with Crippen LogP contribution in [0.25, 0.3) is 0 Å². The lowest BCUT2D eigenvalue weighted by molar-refractivity contribution is -0.143. The molecular formula is C26H27NO3. The zero-order valence-corrected chi connectivity index (χ0v) is 17.4. The Morgan fingerprint density at radius 1 is 0.833 bits per heavy atom. The van der Waals surface area contributed by atoms with Crippen LogP contribution in [-0.2, 0) is 19.8 Å². The molecule has 0 aromatic heterocycles. The molecule has 3 aromatic rings. The third-order valence-corrected chi connectivity index (χ3v) is 5.76. The van der Waals surface area contributed by atoms with Crippen molar-refractivity contribution in [2.45, 2.75) is 24.5 Å². The Kier molecular flexibility index (Phi) is 5.98. The first-order chi connectivity index (χ1) is 14.7. The molecule has 30 heavy (non-hydrogen) atoms. The quantitative estimate of drug-likeness (QED) is 0.321. The van der Waals surface area contributed by atoms with Gasteiger partial charge >= 0.3 is 5.97 Å². The van der Waals surface area contributed by atoms with Crippen LogP contribution in [-0.4, -0.2) is 43.3 Å². The molecule has 1 saturated heterocycles. The molecule has 0 bridgehead atoms. The van der Waals surface area contributed by atoms with E-state index in [0.29, 0.717) is 13.2 Å².